The van der Waals surface area contributed by atoms with Crippen molar-refractivity contribution in [2.24, 2.45) is 10.9 Å². The Labute approximate surface area is 295 Å². The molecule has 3 heterocycles. The van der Waals surface area contributed by atoms with Crippen molar-refractivity contribution in [1.82, 2.24) is 9.13 Å². The zero-order chi connectivity index (χ0) is 33.6. The summed E-state index contributed by atoms with van der Waals surface area (Å²) in [5, 5.41) is 8.91. The van der Waals surface area contributed by atoms with Crippen molar-refractivity contribution in [1.29, 1.82) is 0 Å². The highest BCUT2D eigenvalue weighted by Crippen LogP contribution is 2.41. The Hall–Kier alpha value is -6.39. The van der Waals surface area contributed by atoms with E-state index in [1.165, 1.54) is 59.6 Å². The summed E-state index contributed by atoms with van der Waals surface area (Å²) in [7, 11) is 2.23. The molecule has 2 unspecified atom stereocenters. The number of aliphatic imine (C=N–C) groups is 1. The number of hydrogen-bond acceptors (Lipinski definition) is 2. The summed E-state index contributed by atoms with van der Waals surface area (Å²) >= 11 is 0. The highest BCUT2D eigenvalue weighted by Gasteiger charge is 2.33. The second-order valence-electron chi connectivity index (χ2n) is 14.0. The molecule has 2 aliphatic carbocycles. The van der Waals surface area contributed by atoms with Crippen molar-refractivity contribution in [2.45, 2.75) is 12.6 Å². The van der Waals surface area contributed by atoms with Gasteiger partial charge in [0.05, 0.1) is 33.6 Å². The molecule has 6 aromatic carbocycles. The highest BCUT2D eigenvalue weighted by molar-refractivity contribution is 6.14. The summed E-state index contributed by atoms with van der Waals surface area (Å²) in [5.41, 5.74) is 10.5. The summed E-state index contributed by atoms with van der Waals surface area (Å²) < 4.78 is 5.04. The molecule has 0 radical (unpaired) electrons. The fourth-order valence-corrected chi connectivity index (χ4v) is 8.93. The van der Waals surface area contributed by atoms with Crippen molar-refractivity contribution >= 4 is 72.2 Å². The third-order valence-electron chi connectivity index (χ3n) is 11.2. The number of rotatable bonds is 3. The predicted molar refractivity (Wildman–Crippen MR) is 214 cm³/mol. The Balaban J connectivity index is 1.26. The number of allylic oxidation sites excluding steroid dienone is 4. The first-order valence-electron chi connectivity index (χ1n) is 17.8. The molecule has 8 aromatic rings. The maximum Gasteiger partial charge on any atom is 0.150 e. The Kier molecular flexibility index (Phi) is 6.03. The second-order valence-corrected chi connectivity index (χ2v) is 14.0. The van der Waals surface area contributed by atoms with Gasteiger partial charge >= 0.3 is 0 Å². The largest absolute Gasteiger partial charge is 0.347 e. The summed E-state index contributed by atoms with van der Waals surface area (Å²) in [6.45, 7) is 0. The van der Waals surface area contributed by atoms with Gasteiger partial charge in [0.15, 0.2) is 6.17 Å². The Bertz CT molecular complexity index is 2970. The number of fused-ring (bicyclic) bond motifs is 9. The van der Waals surface area contributed by atoms with Gasteiger partial charge in [-0.2, -0.15) is 0 Å². The third-order valence-corrected chi connectivity index (χ3v) is 11.2. The van der Waals surface area contributed by atoms with E-state index in [2.05, 4.69) is 185 Å². The first kappa shape index (κ1) is 28.4. The van der Waals surface area contributed by atoms with E-state index in [1.54, 1.807) is 0 Å². The number of aromatic nitrogens is 2. The van der Waals surface area contributed by atoms with Crippen LogP contribution in [0.4, 0.5) is 11.4 Å². The van der Waals surface area contributed by atoms with Gasteiger partial charge in [0, 0.05) is 50.9 Å². The van der Waals surface area contributed by atoms with Crippen molar-refractivity contribution in [2.75, 3.05) is 11.9 Å². The smallest absolute Gasteiger partial charge is 0.150 e. The molecule has 0 amide bonds. The fourth-order valence-electron chi connectivity index (χ4n) is 8.93. The molecule has 2 atom stereocenters. The lowest BCUT2D eigenvalue weighted by Crippen LogP contribution is -2.45. The van der Waals surface area contributed by atoms with E-state index in [-0.39, 0.29) is 6.17 Å². The molecule has 0 fully saturated rings. The van der Waals surface area contributed by atoms with Crippen LogP contribution in [0.15, 0.2) is 163 Å². The van der Waals surface area contributed by atoms with Crippen molar-refractivity contribution in [3.63, 3.8) is 0 Å². The van der Waals surface area contributed by atoms with E-state index in [1.807, 2.05) is 0 Å². The van der Waals surface area contributed by atoms with Crippen LogP contribution in [0, 0.1) is 5.92 Å². The predicted octanol–water partition coefficient (Wildman–Crippen LogP) is 9.74. The first-order chi connectivity index (χ1) is 25.2. The molecule has 0 saturated heterocycles. The van der Waals surface area contributed by atoms with Gasteiger partial charge in [-0.05, 0) is 65.2 Å². The van der Waals surface area contributed by atoms with Crippen LogP contribution in [0.25, 0.3) is 60.8 Å². The topological polar surface area (TPSA) is 25.5 Å². The Morgan fingerprint density at radius 2 is 1.43 bits per heavy atom. The molecule has 0 bridgehead atoms. The minimum absolute atomic E-state index is 0.164. The van der Waals surface area contributed by atoms with Crippen LogP contribution in [-0.2, 0) is 0 Å². The lowest BCUT2D eigenvalue weighted by Gasteiger charge is -2.37. The zero-order valence-electron chi connectivity index (χ0n) is 28.2. The standard InChI is InChI=1S/C47H34N4/c1-49-41-22-12-10-20-39(41)48-46(31-14-3-2-4-15-31)47(49)51-42-26-23-30-13-7-8-18-35(30)45(42)37-25-24-34(29-44(37)51)50-40-21-11-9-19-36(40)38-27-32-16-5-6-17-33(32)28-43(38)50/h2-22,24-30,47H,23H2,1H3. The number of para-hydroxylation sites is 3. The van der Waals surface area contributed by atoms with E-state index < -0.39 is 0 Å². The van der Waals surface area contributed by atoms with Gasteiger partial charge in [-0.25, -0.2) is 4.99 Å². The molecule has 2 aromatic heterocycles. The van der Waals surface area contributed by atoms with Crippen LogP contribution >= 0.6 is 0 Å². The highest BCUT2D eigenvalue weighted by atomic mass is 15.3. The van der Waals surface area contributed by atoms with Gasteiger partial charge in [0.1, 0.15) is 0 Å². The van der Waals surface area contributed by atoms with Crippen LogP contribution in [0.3, 0.4) is 0 Å². The maximum absolute atomic E-state index is 5.43. The summed E-state index contributed by atoms with van der Waals surface area (Å²) in [5.74, 6) is 0.374. The molecule has 1 aliphatic heterocycles. The van der Waals surface area contributed by atoms with E-state index in [0.29, 0.717) is 5.92 Å². The van der Waals surface area contributed by atoms with Gasteiger partial charge in [-0.1, -0.05) is 121 Å². The number of likely N-dealkylation sites (N-methyl/N-ethyl adjacent to an activating group) is 1. The minimum atomic E-state index is -0.164. The van der Waals surface area contributed by atoms with Gasteiger partial charge in [-0.15, -0.1) is 0 Å². The minimum Gasteiger partial charge on any atom is -0.347 e. The van der Waals surface area contributed by atoms with E-state index in [0.717, 1.165) is 34.8 Å². The Morgan fingerprint density at radius 1 is 0.647 bits per heavy atom. The normalized spacial score (nSPS) is 17.9. The summed E-state index contributed by atoms with van der Waals surface area (Å²) in [6.07, 6.45) is 12.4. The maximum atomic E-state index is 5.43. The van der Waals surface area contributed by atoms with Gasteiger partial charge in [-0.3, -0.25) is 0 Å². The zero-order valence-corrected chi connectivity index (χ0v) is 28.2. The lowest BCUT2D eigenvalue weighted by molar-refractivity contribution is 0.621. The number of hydrogen-bond donors (Lipinski definition) is 0. The third kappa shape index (κ3) is 4.11. The Morgan fingerprint density at radius 3 is 2.33 bits per heavy atom. The molecule has 0 saturated carbocycles. The van der Waals surface area contributed by atoms with Crippen molar-refractivity contribution in [3.8, 4) is 5.69 Å². The molecular formula is C47H34N4. The van der Waals surface area contributed by atoms with Crippen molar-refractivity contribution < 1.29 is 0 Å². The monoisotopic (exact) mass is 654 g/mol. The first-order valence-corrected chi connectivity index (χ1v) is 17.8. The number of benzene rings is 6. The van der Waals surface area contributed by atoms with Gasteiger partial charge in [0.25, 0.3) is 0 Å². The van der Waals surface area contributed by atoms with Gasteiger partial charge in [0.2, 0.25) is 0 Å². The molecule has 51 heavy (non-hydrogen) atoms. The molecule has 4 heteroatoms. The van der Waals surface area contributed by atoms with Crippen LogP contribution in [0.1, 0.15) is 18.2 Å². The van der Waals surface area contributed by atoms with Crippen LogP contribution in [0.5, 0.6) is 0 Å². The van der Waals surface area contributed by atoms with E-state index in [4.69, 9.17) is 4.99 Å². The van der Waals surface area contributed by atoms with Crippen LogP contribution < -0.4 is 15.5 Å². The summed E-state index contributed by atoms with van der Waals surface area (Å²) in [6, 6.07) is 48.6. The number of nitrogens with zero attached hydrogens (tertiary/aromatic N) is 4. The molecule has 11 rings (SSSR count). The molecular weight excluding hydrogens is 621 g/mol. The quantitative estimate of drug-likeness (QED) is 0.186. The van der Waals surface area contributed by atoms with E-state index in [9.17, 15) is 0 Å². The second kappa shape index (κ2) is 10.8. The van der Waals surface area contributed by atoms with Crippen LogP contribution in [-0.4, -0.2) is 21.9 Å². The SMILES string of the molecule is CN1c2ccccc2N=C(c2ccccc2)C1n1c2c(c3ccc(-n4c5ccccc5c5cc6ccccc6cc54)cc31)=C1C=CC=CC1CC=2. The van der Waals surface area contributed by atoms with E-state index >= 15 is 0 Å². The van der Waals surface area contributed by atoms with Crippen LogP contribution in [0.2, 0.25) is 0 Å². The number of anilines is 1. The lowest BCUT2D eigenvalue weighted by atomic mass is 9.87. The molecule has 0 spiro atoms. The summed E-state index contributed by atoms with van der Waals surface area (Å²) in [4.78, 5) is 7.85. The average molecular weight is 655 g/mol. The molecule has 242 valence electrons. The van der Waals surface area contributed by atoms with Gasteiger partial charge < -0.3 is 14.0 Å². The fraction of sp³-hybridized carbons (Fsp3) is 0.0851. The van der Waals surface area contributed by atoms with Crippen molar-refractivity contribution in [3.05, 3.63) is 174 Å². The molecule has 3 aliphatic rings. The average Bonchev–Trinajstić information content (AvgIpc) is 3.69. The molecule has 0 N–H and O–H groups in total. The molecule has 4 nitrogen and oxygen atoms in total.